The van der Waals surface area contributed by atoms with Gasteiger partial charge in [0.15, 0.2) is 5.96 Å². The molecule has 2 N–H and O–H groups in total. The Bertz CT molecular complexity index is 444. The first-order chi connectivity index (χ1) is 11.7. The number of likely N-dealkylation sites (N-methyl/N-ethyl adjacent to an activating group) is 1. The predicted octanol–water partition coefficient (Wildman–Crippen LogP) is 3.54. The van der Waals surface area contributed by atoms with Crippen LogP contribution >= 0.6 is 24.0 Å². The molecular weight excluding hydrogens is 460 g/mol. The fraction of sp³-hybridized carbons (Fsp3) is 0.882. The number of guanidine groups is 1. The molecule has 0 spiro atoms. The summed E-state index contributed by atoms with van der Waals surface area (Å²) in [5, 5.41) is 6.42. The summed E-state index contributed by atoms with van der Waals surface area (Å²) in [5.41, 5.74) is 0. The maximum absolute atomic E-state index is 12.2. The van der Waals surface area contributed by atoms with Gasteiger partial charge in [-0.1, -0.05) is 19.8 Å². The molecule has 2 atom stereocenters. The molecule has 0 heterocycles. The average Bonchev–Trinajstić information content (AvgIpc) is 2.52. The molecule has 0 aromatic rings. The number of hydrogen-bond acceptors (Lipinski definition) is 2. The van der Waals surface area contributed by atoms with Crippen LogP contribution in [0.15, 0.2) is 4.99 Å². The number of amides is 1. The summed E-state index contributed by atoms with van der Waals surface area (Å²) in [7, 11) is 3.33. The number of halogens is 4. The Morgan fingerprint density at radius 3 is 2.42 bits per heavy atom. The zero-order chi connectivity index (χ0) is 18.9. The van der Waals surface area contributed by atoms with Gasteiger partial charge in [-0.25, -0.2) is 4.99 Å². The molecule has 1 aliphatic carbocycles. The number of carbonyl (C=O) groups excluding carboxylic acids is 1. The quantitative estimate of drug-likeness (QED) is 0.248. The van der Waals surface area contributed by atoms with Crippen LogP contribution in [0.4, 0.5) is 13.2 Å². The fourth-order valence-corrected chi connectivity index (χ4v) is 2.80. The van der Waals surface area contributed by atoms with E-state index in [1.807, 2.05) is 0 Å². The molecule has 26 heavy (non-hydrogen) atoms. The molecule has 154 valence electrons. The van der Waals surface area contributed by atoms with E-state index in [1.165, 1.54) is 11.3 Å². The molecule has 1 rings (SSSR count). The highest BCUT2D eigenvalue weighted by molar-refractivity contribution is 14.0. The molecular formula is C17H32F3IN4O. The Labute approximate surface area is 171 Å². The maximum Gasteiger partial charge on any atom is 0.389 e. The van der Waals surface area contributed by atoms with Crippen LogP contribution in [-0.4, -0.2) is 56.2 Å². The number of hydrogen-bond donors (Lipinski definition) is 2. The van der Waals surface area contributed by atoms with Gasteiger partial charge in [0.1, 0.15) is 6.54 Å². The van der Waals surface area contributed by atoms with Gasteiger partial charge < -0.3 is 15.5 Å². The van der Waals surface area contributed by atoms with E-state index in [2.05, 4.69) is 22.5 Å². The molecule has 1 saturated carbocycles. The first-order valence-corrected chi connectivity index (χ1v) is 9.01. The van der Waals surface area contributed by atoms with E-state index < -0.39 is 12.6 Å². The van der Waals surface area contributed by atoms with Crippen LogP contribution in [0.25, 0.3) is 0 Å². The van der Waals surface area contributed by atoms with E-state index in [-0.39, 0.29) is 48.9 Å². The zero-order valence-electron chi connectivity index (χ0n) is 15.9. The van der Waals surface area contributed by atoms with Gasteiger partial charge in [0.2, 0.25) is 5.91 Å². The van der Waals surface area contributed by atoms with Gasteiger partial charge in [-0.3, -0.25) is 4.79 Å². The molecule has 1 amide bonds. The first-order valence-electron chi connectivity index (χ1n) is 9.01. The van der Waals surface area contributed by atoms with Crippen LogP contribution in [0.2, 0.25) is 0 Å². The van der Waals surface area contributed by atoms with Crippen molar-refractivity contribution in [2.75, 3.05) is 27.2 Å². The molecule has 0 aromatic heterocycles. The number of rotatable bonds is 7. The van der Waals surface area contributed by atoms with Gasteiger partial charge in [-0.05, 0) is 31.6 Å². The highest BCUT2D eigenvalue weighted by atomic mass is 127. The van der Waals surface area contributed by atoms with Crippen LogP contribution in [0.1, 0.15) is 51.9 Å². The van der Waals surface area contributed by atoms with E-state index >= 15 is 0 Å². The summed E-state index contributed by atoms with van der Waals surface area (Å²) in [6.45, 7) is 2.61. The lowest BCUT2D eigenvalue weighted by Gasteiger charge is -2.31. The third-order valence-electron chi connectivity index (χ3n) is 4.48. The Morgan fingerprint density at radius 2 is 1.85 bits per heavy atom. The number of alkyl halides is 3. The summed E-state index contributed by atoms with van der Waals surface area (Å²) in [6.07, 6.45) is 0.165. The first kappa shape index (κ1) is 25.3. The monoisotopic (exact) mass is 492 g/mol. The fourth-order valence-electron chi connectivity index (χ4n) is 2.80. The van der Waals surface area contributed by atoms with Crippen molar-refractivity contribution in [2.45, 2.75) is 64.1 Å². The van der Waals surface area contributed by atoms with Crippen LogP contribution in [0.3, 0.4) is 0 Å². The van der Waals surface area contributed by atoms with E-state index in [0.29, 0.717) is 24.8 Å². The lowest BCUT2D eigenvalue weighted by atomic mass is 9.86. The molecule has 0 saturated heterocycles. The smallest absolute Gasteiger partial charge is 0.356 e. The van der Waals surface area contributed by atoms with Crippen molar-refractivity contribution in [3.05, 3.63) is 0 Å². The number of nitrogens with one attached hydrogen (secondary N) is 2. The Balaban J connectivity index is 0.00000625. The van der Waals surface area contributed by atoms with Crippen molar-refractivity contribution in [3.8, 4) is 0 Å². The highest BCUT2D eigenvalue weighted by Gasteiger charge is 2.26. The van der Waals surface area contributed by atoms with Gasteiger partial charge in [0.05, 0.1) is 0 Å². The summed E-state index contributed by atoms with van der Waals surface area (Å²) >= 11 is 0. The lowest BCUT2D eigenvalue weighted by Crippen LogP contribution is -2.47. The van der Waals surface area contributed by atoms with Gasteiger partial charge >= 0.3 is 6.18 Å². The summed E-state index contributed by atoms with van der Waals surface area (Å²) in [6, 6.07) is 0.282. The van der Waals surface area contributed by atoms with Gasteiger partial charge in [-0.15, -0.1) is 24.0 Å². The molecule has 9 heteroatoms. The van der Waals surface area contributed by atoms with Crippen LogP contribution < -0.4 is 10.6 Å². The minimum Gasteiger partial charge on any atom is -0.356 e. The van der Waals surface area contributed by atoms with Crippen LogP contribution in [0, 0.1) is 5.92 Å². The van der Waals surface area contributed by atoms with Gasteiger partial charge in [0, 0.05) is 33.1 Å². The van der Waals surface area contributed by atoms with Crippen LogP contribution in [0.5, 0.6) is 0 Å². The van der Waals surface area contributed by atoms with Crippen molar-refractivity contribution in [1.29, 1.82) is 0 Å². The second kappa shape index (κ2) is 12.6. The largest absolute Gasteiger partial charge is 0.389 e. The molecule has 0 aliphatic heterocycles. The Kier molecular flexibility index (Phi) is 12.3. The van der Waals surface area contributed by atoms with E-state index in [1.54, 1.807) is 14.1 Å². The molecule has 0 bridgehead atoms. The zero-order valence-corrected chi connectivity index (χ0v) is 18.2. The Hall–Kier alpha value is -0.740. The number of unbranched alkanes of at least 4 members (excludes halogenated alkanes) is 1. The summed E-state index contributed by atoms with van der Waals surface area (Å²) in [5.74, 6) is 0.909. The summed E-state index contributed by atoms with van der Waals surface area (Å²) < 4.78 is 36.5. The minimum absolute atomic E-state index is 0. The number of aliphatic imine (C=N–C) groups is 1. The van der Waals surface area contributed by atoms with Gasteiger partial charge in [-0.2, -0.15) is 13.2 Å². The topological polar surface area (TPSA) is 56.7 Å². The van der Waals surface area contributed by atoms with Crippen molar-refractivity contribution in [3.63, 3.8) is 0 Å². The minimum atomic E-state index is -4.11. The third-order valence-corrected chi connectivity index (χ3v) is 4.48. The molecule has 5 nitrogen and oxygen atoms in total. The van der Waals surface area contributed by atoms with Crippen LogP contribution in [-0.2, 0) is 4.79 Å². The molecule has 0 aromatic carbocycles. The standard InChI is InChI=1S/C17H31F3N4O.HI/c1-13-8-4-5-9-14(13)23-16(22-12-15(25)24(2)3)21-11-7-6-10-17(18,19)20;/h13-14H,4-12H2,1-3H3,(H2,21,22,23);1H. The number of nitrogens with zero attached hydrogens (tertiary/aromatic N) is 2. The molecule has 2 unspecified atom stereocenters. The third kappa shape index (κ3) is 11.1. The second-order valence-corrected chi connectivity index (χ2v) is 6.96. The van der Waals surface area contributed by atoms with Gasteiger partial charge in [0.25, 0.3) is 0 Å². The maximum atomic E-state index is 12.2. The van der Waals surface area contributed by atoms with E-state index in [4.69, 9.17) is 0 Å². The van der Waals surface area contributed by atoms with Crippen molar-refractivity contribution in [1.82, 2.24) is 15.5 Å². The van der Waals surface area contributed by atoms with E-state index in [0.717, 1.165) is 19.3 Å². The van der Waals surface area contributed by atoms with E-state index in [9.17, 15) is 18.0 Å². The molecule has 1 fully saturated rings. The van der Waals surface area contributed by atoms with Crippen molar-refractivity contribution >= 4 is 35.8 Å². The SMILES string of the molecule is CC1CCCCC1NC(=NCC(=O)N(C)C)NCCCCC(F)(F)F.I. The highest BCUT2D eigenvalue weighted by Crippen LogP contribution is 2.24. The average molecular weight is 492 g/mol. The predicted molar refractivity (Wildman–Crippen MR) is 109 cm³/mol. The second-order valence-electron chi connectivity index (χ2n) is 6.96. The molecule has 1 aliphatic rings. The lowest BCUT2D eigenvalue weighted by molar-refractivity contribution is -0.135. The number of carbonyl (C=O) groups is 1. The Morgan fingerprint density at radius 1 is 1.19 bits per heavy atom. The normalized spacial score (nSPS) is 20.9. The summed E-state index contributed by atoms with van der Waals surface area (Å²) in [4.78, 5) is 17.5. The van der Waals surface area contributed by atoms with Crippen molar-refractivity contribution < 1.29 is 18.0 Å². The van der Waals surface area contributed by atoms with Crippen molar-refractivity contribution in [2.24, 2.45) is 10.9 Å². The molecule has 0 radical (unpaired) electrons.